The van der Waals surface area contributed by atoms with Crippen molar-refractivity contribution in [2.75, 3.05) is 13.7 Å². The zero-order valence-electron chi connectivity index (χ0n) is 18.5. The second-order valence-electron chi connectivity index (χ2n) is 9.53. The van der Waals surface area contributed by atoms with Gasteiger partial charge in [0.2, 0.25) is 5.91 Å². The molecule has 3 atom stereocenters. The summed E-state index contributed by atoms with van der Waals surface area (Å²) in [7, 11) is 1.55. The van der Waals surface area contributed by atoms with Gasteiger partial charge in [0.25, 0.3) is 0 Å². The third kappa shape index (κ3) is 3.67. The first kappa shape index (κ1) is 21.6. The number of thiophene rings is 1. The minimum atomic E-state index is -0.697. The van der Waals surface area contributed by atoms with Gasteiger partial charge in [-0.1, -0.05) is 19.3 Å². The quantitative estimate of drug-likeness (QED) is 0.661. The molecule has 3 unspecified atom stereocenters. The Balaban J connectivity index is 1.34. The molecule has 5 rings (SSSR count). The Bertz CT molecular complexity index is 1020. The summed E-state index contributed by atoms with van der Waals surface area (Å²) < 4.78 is 11.5. The first-order valence-corrected chi connectivity index (χ1v) is 12.5. The van der Waals surface area contributed by atoms with E-state index in [4.69, 9.17) is 15.2 Å². The highest BCUT2D eigenvalue weighted by Crippen LogP contribution is 2.47. The van der Waals surface area contributed by atoms with Crippen molar-refractivity contribution >= 4 is 33.4 Å². The summed E-state index contributed by atoms with van der Waals surface area (Å²) in [5.74, 6) is 0.456. The van der Waals surface area contributed by atoms with E-state index < -0.39 is 11.5 Å². The number of fused-ring (bicyclic) bond motifs is 3. The lowest BCUT2D eigenvalue weighted by atomic mass is 9.82. The van der Waals surface area contributed by atoms with Gasteiger partial charge in [-0.25, -0.2) is 9.78 Å². The predicted molar refractivity (Wildman–Crippen MR) is 123 cm³/mol. The molecule has 1 amide bonds. The van der Waals surface area contributed by atoms with Crippen LogP contribution in [0.5, 0.6) is 5.75 Å². The fraction of sp³-hybridized carbons (Fsp3) is 0.625. The molecule has 2 bridgehead atoms. The molecule has 0 aromatic carbocycles. The lowest BCUT2D eigenvalue weighted by molar-refractivity contribution is -0.136. The van der Waals surface area contributed by atoms with E-state index in [1.165, 1.54) is 43.4 Å². The maximum atomic E-state index is 13.1. The zero-order chi connectivity index (χ0) is 22.3. The molecule has 7 nitrogen and oxygen atoms in total. The van der Waals surface area contributed by atoms with Crippen molar-refractivity contribution in [1.82, 2.24) is 9.88 Å². The van der Waals surface area contributed by atoms with Gasteiger partial charge < -0.3 is 15.2 Å². The number of rotatable bonds is 6. The van der Waals surface area contributed by atoms with Crippen molar-refractivity contribution in [3.63, 3.8) is 0 Å². The summed E-state index contributed by atoms with van der Waals surface area (Å²) in [6, 6.07) is 3.95. The van der Waals surface area contributed by atoms with E-state index in [-0.39, 0.29) is 18.1 Å². The average Bonchev–Trinajstić information content (AvgIpc) is 3.27. The van der Waals surface area contributed by atoms with Crippen LogP contribution in [0.3, 0.4) is 0 Å². The van der Waals surface area contributed by atoms with Crippen molar-refractivity contribution in [2.24, 2.45) is 11.7 Å². The van der Waals surface area contributed by atoms with Gasteiger partial charge in [0.1, 0.15) is 16.5 Å². The van der Waals surface area contributed by atoms with Gasteiger partial charge in [-0.15, -0.1) is 11.3 Å². The first-order valence-electron chi connectivity index (χ1n) is 11.7. The third-order valence-electron chi connectivity index (χ3n) is 7.70. The second kappa shape index (κ2) is 8.63. The Hall–Kier alpha value is -2.19. The van der Waals surface area contributed by atoms with Gasteiger partial charge in [-0.3, -0.25) is 9.69 Å². The number of primary amides is 1. The van der Waals surface area contributed by atoms with Gasteiger partial charge in [-0.05, 0) is 43.7 Å². The van der Waals surface area contributed by atoms with E-state index in [1.807, 2.05) is 12.1 Å². The SMILES string of the molecule is COc1c(C(=O)OC2CC3CCC(C(N)=O)(C2)N3CC2CCCCC2)sc2ncccc12. The highest BCUT2D eigenvalue weighted by atomic mass is 32.1. The van der Waals surface area contributed by atoms with Crippen LogP contribution in [0.15, 0.2) is 18.3 Å². The summed E-state index contributed by atoms with van der Waals surface area (Å²) >= 11 is 1.28. The second-order valence-corrected chi connectivity index (χ2v) is 10.5. The van der Waals surface area contributed by atoms with Crippen LogP contribution in [-0.2, 0) is 9.53 Å². The van der Waals surface area contributed by atoms with E-state index in [1.54, 1.807) is 13.3 Å². The van der Waals surface area contributed by atoms with Crippen molar-refractivity contribution in [2.45, 2.75) is 75.5 Å². The average molecular weight is 458 g/mol. The molecule has 0 radical (unpaired) electrons. The fourth-order valence-corrected chi connectivity index (χ4v) is 7.16. The molecule has 2 N–H and O–H groups in total. The van der Waals surface area contributed by atoms with Crippen LogP contribution in [0.2, 0.25) is 0 Å². The number of hydrogen-bond acceptors (Lipinski definition) is 7. The van der Waals surface area contributed by atoms with Gasteiger partial charge in [0.05, 0.1) is 12.5 Å². The van der Waals surface area contributed by atoms with Crippen molar-refractivity contribution in [1.29, 1.82) is 0 Å². The monoisotopic (exact) mass is 457 g/mol. The minimum absolute atomic E-state index is 0.238. The lowest BCUT2D eigenvalue weighted by Gasteiger charge is -2.47. The number of carbonyl (C=O) groups excluding carboxylic acids is 2. The molecule has 2 saturated heterocycles. The molecule has 2 aromatic heterocycles. The van der Waals surface area contributed by atoms with Crippen LogP contribution in [0.1, 0.15) is 67.5 Å². The lowest BCUT2D eigenvalue weighted by Crippen LogP contribution is -2.62. The predicted octanol–water partition coefficient (Wildman–Crippen LogP) is 3.89. The molecule has 1 saturated carbocycles. The van der Waals surface area contributed by atoms with Crippen molar-refractivity contribution in [3.05, 3.63) is 23.2 Å². The summed E-state index contributed by atoms with van der Waals surface area (Å²) in [4.78, 5) is 33.7. The maximum Gasteiger partial charge on any atom is 0.352 e. The molecule has 2 aromatic rings. The van der Waals surface area contributed by atoms with Gasteiger partial charge in [0, 0.05) is 31.6 Å². The topological polar surface area (TPSA) is 94.8 Å². The Morgan fingerprint density at radius 1 is 1.28 bits per heavy atom. The summed E-state index contributed by atoms with van der Waals surface area (Å²) in [6.45, 7) is 0.935. The number of nitrogens with two attached hydrogens (primary N) is 1. The van der Waals surface area contributed by atoms with E-state index in [2.05, 4.69) is 9.88 Å². The highest BCUT2D eigenvalue weighted by molar-refractivity contribution is 7.20. The molecular weight excluding hydrogens is 426 g/mol. The maximum absolute atomic E-state index is 13.1. The number of carbonyl (C=O) groups is 2. The Morgan fingerprint density at radius 3 is 2.84 bits per heavy atom. The van der Waals surface area contributed by atoms with Crippen molar-refractivity contribution < 1.29 is 19.1 Å². The Morgan fingerprint density at radius 2 is 2.09 bits per heavy atom. The number of methoxy groups -OCH3 is 1. The summed E-state index contributed by atoms with van der Waals surface area (Å²) in [6.07, 6.45) is 10.6. The van der Waals surface area contributed by atoms with Gasteiger partial charge in [0.15, 0.2) is 10.6 Å². The van der Waals surface area contributed by atoms with Gasteiger partial charge in [-0.2, -0.15) is 0 Å². The van der Waals surface area contributed by atoms with E-state index >= 15 is 0 Å². The molecule has 172 valence electrons. The Labute approximate surface area is 192 Å². The van der Waals surface area contributed by atoms with Crippen LogP contribution in [0.25, 0.3) is 10.2 Å². The molecular formula is C24H31N3O4S. The van der Waals surface area contributed by atoms with Crippen molar-refractivity contribution in [3.8, 4) is 5.75 Å². The van der Waals surface area contributed by atoms with Crippen LogP contribution in [0, 0.1) is 5.92 Å². The zero-order valence-corrected chi connectivity index (χ0v) is 19.4. The molecule has 0 spiro atoms. The van der Waals surface area contributed by atoms with E-state index in [9.17, 15) is 9.59 Å². The molecule has 3 aliphatic rings. The minimum Gasteiger partial charge on any atom is -0.494 e. The number of pyridine rings is 1. The van der Waals surface area contributed by atoms with Crippen LogP contribution in [-0.4, -0.2) is 53.1 Å². The van der Waals surface area contributed by atoms with Crippen LogP contribution in [0.4, 0.5) is 0 Å². The number of aromatic nitrogens is 1. The normalized spacial score (nSPS) is 28.7. The molecule has 8 heteroatoms. The molecule has 32 heavy (non-hydrogen) atoms. The molecule has 3 fully saturated rings. The number of esters is 1. The third-order valence-corrected chi connectivity index (χ3v) is 8.78. The number of nitrogens with zero attached hydrogens (tertiary/aromatic N) is 2. The number of ether oxygens (including phenoxy) is 2. The molecule has 1 aliphatic carbocycles. The molecule has 2 aliphatic heterocycles. The number of piperidine rings is 1. The highest BCUT2D eigenvalue weighted by Gasteiger charge is 2.56. The van der Waals surface area contributed by atoms with Gasteiger partial charge >= 0.3 is 5.97 Å². The standard InChI is InChI=1S/C24H31N3O4S/c1-30-19-18-8-5-11-26-21(18)32-20(19)22(28)31-17-12-16-9-10-24(13-17,23(25)29)27(16)14-15-6-3-2-4-7-15/h5,8,11,15-17H,2-4,6-7,9-10,12-14H2,1H3,(H2,25,29). The Kier molecular flexibility index (Phi) is 5.84. The van der Waals surface area contributed by atoms with E-state index in [0.29, 0.717) is 23.0 Å². The first-order chi connectivity index (χ1) is 15.5. The summed E-state index contributed by atoms with van der Waals surface area (Å²) in [5, 5.41) is 0.808. The fourth-order valence-electron chi connectivity index (χ4n) is 6.16. The number of amides is 1. The summed E-state index contributed by atoms with van der Waals surface area (Å²) in [5.41, 5.74) is 5.29. The molecule has 4 heterocycles. The number of hydrogen-bond donors (Lipinski definition) is 1. The van der Waals surface area contributed by atoms with E-state index in [0.717, 1.165) is 36.0 Å². The largest absolute Gasteiger partial charge is 0.494 e. The van der Waals surface area contributed by atoms with Crippen LogP contribution < -0.4 is 10.5 Å². The smallest absolute Gasteiger partial charge is 0.352 e. The van der Waals surface area contributed by atoms with Crippen LogP contribution >= 0.6 is 11.3 Å².